The first-order chi connectivity index (χ1) is 12.0. The van der Waals surface area contributed by atoms with Crippen LogP contribution in [0.2, 0.25) is 0 Å². The third-order valence-corrected chi connectivity index (χ3v) is 4.68. The maximum Gasteiger partial charge on any atom is 0.323 e. The lowest BCUT2D eigenvalue weighted by Crippen LogP contribution is -2.60. The van der Waals surface area contributed by atoms with Crippen molar-refractivity contribution < 1.29 is 45.6 Å². The Morgan fingerprint density at radius 3 is 2.31 bits per heavy atom. The summed E-state index contributed by atoms with van der Waals surface area (Å²) < 4.78 is 0. The van der Waals surface area contributed by atoms with Crippen molar-refractivity contribution in [1.29, 1.82) is 0 Å². The first-order valence-corrected chi connectivity index (χ1v) is 7.90. The molecular formula is C16H23NO9. The Hall–Kier alpha value is -1.95. The van der Waals surface area contributed by atoms with Crippen LogP contribution in [-0.2, 0) is 11.2 Å². The maximum atomic E-state index is 11.6. The molecule has 146 valence electrons. The van der Waals surface area contributed by atoms with E-state index in [1.54, 1.807) is 0 Å². The zero-order valence-electron chi connectivity index (χ0n) is 13.9. The van der Waals surface area contributed by atoms with Gasteiger partial charge in [0.1, 0.15) is 30.0 Å². The zero-order chi connectivity index (χ0) is 19.8. The number of nitrogens with one attached hydrogen (secondary N) is 1. The average molecular weight is 373 g/mol. The smallest absolute Gasteiger partial charge is 0.323 e. The minimum Gasteiger partial charge on any atom is -0.504 e. The van der Waals surface area contributed by atoms with E-state index in [2.05, 4.69) is 5.32 Å². The summed E-state index contributed by atoms with van der Waals surface area (Å²) in [6, 6.07) is 1.04. The SMILES string of the molecule is C[C@@]1(C(=O)O)Cc2cc(O)c(O)cc2[C@@H]([C@H](O)[C@@H](O)[C@H](O)[C@H](O)CO)N1. The van der Waals surface area contributed by atoms with Crippen LogP contribution in [0.3, 0.4) is 0 Å². The van der Waals surface area contributed by atoms with E-state index in [0.717, 1.165) is 12.1 Å². The second-order valence-corrected chi connectivity index (χ2v) is 6.70. The van der Waals surface area contributed by atoms with E-state index in [0.29, 0.717) is 5.56 Å². The number of carbonyl (C=O) groups is 1. The summed E-state index contributed by atoms with van der Waals surface area (Å²) in [5, 5.41) is 80.3. The summed E-state index contributed by atoms with van der Waals surface area (Å²) >= 11 is 0. The number of rotatable bonds is 6. The number of fused-ring (bicyclic) bond motifs is 1. The third-order valence-electron chi connectivity index (χ3n) is 4.68. The fourth-order valence-electron chi connectivity index (χ4n) is 3.07. The van der Waals surface area contributed by atoms with E-state index in [1.165, 1.54) is 6.92 Å². The first-order valence-electron chi connectivity index (χ1n) is 7.90. The van der Waals surface area contributed by atoms with Crippen molar-refractivity contribution in [3.05, 3.63) is 23.3 Å². The van der Waals surface area contributed by atoms with Gasteiger partial charge in [0.15, 0.2) is 11.5 Å². The molecule has 26 heavy (non-hydrogen) atoms. The molecule has 0 bridgehead atoms. The molecule has 1 aromatic carbocycles. The average Bonchev–Trinajstić information content (AvgIpc) is 2.59. The number of hydrogen-bond acceptors (Lipinski definition) is 9. The number of hydrogen-bond donors (Lipinski definition) is 9. The summed E-state index contributed by atoms with van der Waals surface area (Å²) in [6.07, 6.45) is -7.43. The van der Waals surface area contributed by atoms with E-state index in [-0.39, 0.29) is 12.0 Å². The third kappa shape index (κ3) is 3.61. The van der Waals surface area contributed by atoms with Crippen LogP contribution in [0.4, 0.5) is 0 Å². The molecule has 9 N–H and O–H groups in total. The lowest BCUT2D eigenvalue weighted by Gasteiger charge is -2.42. The van der Waals surface area contributed by atoms with Crippen LogP contribution in [0.5, 0.6) is 11.5 Å². The minimum absolute atomic E-state index is 0.0767. The largest absolute Gasteiger partial charge is 0.504 e. The molecule has 1 aromatic rings. The maximum absolute atomic E-state index is 11.6. The lowest BCUT2D eigenvalue weighted by atomic mass is 9.79. The van der Waals surface area contributed by atoms with E-state index in [4.69, 9.17) is 5.11 Å². The van der Waals surface area contributed by atoms with Gasteiger partial charge in [-0.1, -0.05) is 0 Å². The number of benzene rings is 1. The summed E-state index contributed by atoms with van der Waals surface area (Å²) in [4.78, 5) is 11.6. The fourth-order valence-corrected chi connectivity index (χ4v) is 3.07. The molecule has 0 aromatic heterocycles. The van der Waals surface area contributed by atoms with Crippen molar-refractivity contribution in [2.75, 3.05) is 6.61 Å². The molecule has 6 atom stereocenters. The molecular weight excluding hydrogens is 350 g/mol. The lowest BCUT2D eigenvalue weighted by molar-refractivity contribution is -0.147. The van der Waals surface area contributed by atoms with Crippen molar-refractivity contribution in [3.8, 4) is 11.5 Å². The molecule has 0 saturated heterocycles. The molecule has 0 unspecified atom stereocenters. The van der Waals surface area contributed by atoms with Crippen LogP contribution >= 0.6 is 0 Å². The Labute approximate surface area is 148 Å². The highest BCUT2D eigenvalue weighted by Gasteiger charge is 2.46. The first kappa shape index (κ1) is 20.4. The van der Waals surface area contributed by atoms with E-state index < -0.39 is 60.1 Å². The van der Waals surface area contributed by atoms with E-state index in [9.17, 15) is 40.5 Å². The second-order valence-electron chi connectivity index (χ2n) is 6.70. The van der Waals surface area contributed by atoms with Gasteiger partial charge in [0.25, 0.3) is 0 Å². The van der Waals surface area contributed by atoms with Gasteiger partial charge in [-0.15, -0.1) is 0 Å². The monoisotopic (exact) mass is 373 g/mol. The van der Waals surface area contributed by atoms with Gasteiger partial charge in [-0.2, -0.15) is 0 Å². The van der Waals surface area contributed by atoms with Crippen LogP contribution < -0.4 is 5.32 Å². The van der Waals surface area contributed by atoms with Crippen LogP contribution in [0, 0.1) is 0 Å². The number of phenols is 2. The fraction of sp³-hybridized carbons (Fsp3) is 0.562. The van der Waals surface area contributed by atoms with Crippen LogP contribution in [0.25, 0.3) is 0 Å². The van der Waals surface area contributed by atoms with E-state index in [1.807, 2.05) is 0 Å². The molecule has 0 aliphatic carbocycles. The van der Waals surface area contributed by atoms with Gasteiger partial charge in [-0.3, -0.25) is 10.1 Å². The summed E-state index contributed by atoms with van der Waals surface area (Å²) in [5.74, 6) is -2.23. The Bertz CT molecular complexity index is 682. The summed E-state index contributed by atoms with van der Waals surface area (Å²) in [7, 11) is 0. The molecule has 10 heteroatoms. The van der Waals surface area contributed by atoms with Crippen LogP contribution in [0.1, 0.15) is 24.1 Å². The number of aliphatic hydroxyl groups excluding tert-OH is 5. The molecule has 0 spiro atoms. The van der Waals surface area contributed by atoms with Crippen molar-refractivity contribution >= 4 is 5.97 Å². The van der Waals surface area contributed by atoms with Crippen LogP contribution in [0.15, 0.2) is 12.1 Å². The standard InChI is InChI=1S/C16H23NO9/c1-16(15(25)26)4-6-2-8(19)9(20)3-7(6)11(17-16)13(23)14(24)12(22)10(21)5-18/h2-3,10-14,17-24H,4-5H2,1H3,(H,25,26)/t10-,11+,12-,13+,14+,16+/m1/s1. The summed E-state index contributed by atoms with van der Waals surface area (Å²) in [6.45, 7) is 0.481. The molecule has 0 amide bonds. The number of aliphatic carboxylic acids is 1. The van der Waals surface area contributed by atoms with Crippen molar-refractivity contribution in [3.63, 3.8) is 0 Å². The predicted octanol–water partition coefficient (Wildman–Crippen LogP) is -2.44. The number of carboxylic acids is 1. The zero-order valence-corrected chi connectivity index (χ0v) is 13.9. The van der Waals surface area contributed by atoms with Crippen molar-refractivity contribution in [1.82, 2.24) is 5.32 Å². The molecule has 0 radical (unpaired) electrons. The second kappa shape index (κ2) is 7.35. The summed E-state index contributed by atoms with van der Waals surface area (Å²) in [5.41, 5.74) is -1.03. The van der Waals surface area contributed by atoms with Crippen molar-refractivity contribution in [2.24, 2.45) is 0 Å². The number of carboxylic acid groups (broad SMARTS) is 1. The molecule has 0 fully saturated rings. The normalized spacial score (nSPS) is 27.2. The molecule has 1 aliphatic rings. The van der Waals surface area contributed by atoms with Gasteiger partial charge in [-0.05, 0) is 30.2 Å². The van der Waals surface area contributed by atoms with E-state index >= 15 is 0 Å². The van der Waals surface area contributed by atoms with Gasteiger partial charge >= 0.3 is 5.97 Å². The highest BCUT2D eigenvalue weighted by atomic mass is 16.4. The molecule has 1 heterocycles. The highest BCUT2D eigenvalue weighted by Crippen LogP contribution is 2.39. The number of aromatic hydroxyl groups is 2. The van der Waals surface area contributed by atoms with Gasteiger partial charge < -0.3 is 40.9 Å². The molecule has 0 saturated carbocycles. The van der Waals surface area contributed by atoms with Gasteiger partial charge in [0.2, 0.25) is 0 Å². The Morgan fingerprint density at radius 2 is 1.77 bits per heavy atom. The van der Waals surface area contributed by atoms with Crippen molar-refractivity contribution in [2.45, 2.75) is 49.3 Å². The van der Waals surface area contributed by atoms with Crippen LogP contribution in [-0.4, -0.2) is 83.4 Å². The number of phenolic OH excluding ortho intramolecular Hbond substituents is 2. The van der Waals surface area contributed by atoms with Gasteiger partial charge in [0, 0.05) is 6.42 Å². The Morgan fingerprint density at radius 1 is 1.19 bits per heavy atom. The Kier molecular flexibility index (Phi) is 5.76. The Balaban J connectivity index is 2.46. The van der Waals surface area contributed by atoms with Gasteiger partial charge in [0.05, 0.1) is 12.6 Å². The molecule has 2 rings (SSSR count). The molecule has 10 nitrogen and oxygen atoms in total. The topological polar surface area (TPSA) is 191 Å². The molecule has 1 aliphatic heterocycles. The predicted molar refractivity (Wildman–Crippen MR) is 86.5 cm³/mol. The highest BCUT2D eigenvalue weighted by molar-refractivity contribution is 5.79. The quantitative estimate of drug-likeness (QED) is 0.242. The minimum atomic E-state index is -1.94. The van der Waals surface area contributed by atoms with Gasteiger partial charge in [-0.25, -0.2) is 0 Å². The number of aliphatic hydroxyl groups is 5.